The average Bonchev–Trinajstić information content (AvgIpc) is 1.96. The summed E-state index contributed by atoms with van der Waals surface area (Å²) >= 11 is 11.5. The third-order valence-electron chi connectivity index (χ3n) is 1.49. The highest BCUT2D eigenvalue weighted by Gasteiger charge is 2.07. The Morgan fingerprint density at radius 2 is 2.08 bits per heavy atom. The minimum absolute atomic E-state index is 0.118. The van der Waals surface area contributed by atoms with Crippen LogP contribution in [-0.2, 0) is 6.54 Å². The summed E-state index contributed by atoms with van der Waals surface area (Å²) < 4.78 is 0. The van der Waals surface area contributed by atoms with E-state index in [2.05, 4.69) is 7.05 Å². The molecule has 1 aromatic rings. The van der Waals surface area contributed by atoms with Crippen molar-refractivity contribution in [2.24, 2.45) is 0 Å². The molecule has 0 amide bonds. The minimum Gasteiger partial charge on any atom is -0.507 e. The molecule has 0 saturated carbocycles. The molecule has 1 rings (SSSR count). The first-order chi connectivity index (χ1) is 5.65. The quantitative estimate of drug-likeness (QED) is 0.707. The molecule has 0 aliphatic heterocycles. The van der Waals surface area contributed by atoms with Gasteiger partial charge < -0.3 is 10.4 Å². The van der Waals surface area contributed by atoms with Gasteiger partial charge in [-0.15, -0.1) is 0 Å². The number of halogens is 2. The van der Waals surface area contributed by atoms with Crippen molar-refractivity contribution in [1.82, 2.24) is 0 Å². The maximum absolute atomic E-state index is 9.39. The SMILES string of the molecule is [CH2-][NH2+]Cc1c(O)cc(Cl)cc1Cl. The number of quaternary nitrogens is 1. The summed E-state index contributed by atoms with van der Waals surface area (Å²) in [5.41, 5.74) is 0.663. The number of hydrogen-bond donors (Lipinski definition) is 2. The Morgan fingerprint density at radius 1 is 1.42 bits per heavy atom. The molecular weight excluding hydrogens is 197 g/mol. The summed E-state index contributed by atoms with van der Waals surface area (Å²) in [7, 11) is 3.56. The molecule has 0 aliphatic carbocycles. The second kappa shape index (κ2) is 3.99. The van der Waals surface area contributed by atoms with Gasteiger partial charge in [0.2, 0.25) is 0 Å². The maximum Gasteiger partial charge on any atom is 0.127 e. The fourth-order valence-corrected chi connectivity index (χ4v) is 1.50. The second-order valence-corrected chi connectivity index (χ2v) is 3.22. The number of rotatable bonds is 2. The normalized spacial score (nSPS) is 10.2. The topological polar surface area (TPSA) is 36.8 Å². The first-order valence-electron chi connectivity index (χ1n) is 3.43. The van der Waals surface area contributed by atoms with Crippen molar-refractivity contribution in [3.8, 4) is 5.75 Å². The number of phenolic OH excluding ortho intramolecular Hbond substituents is 1. The molecule has 0 heterocycles. The van der Waals surface area contributed by atoms with E-state index in [4.69, 9.17) is 23.2 Å². The third-order valence-corrected chi connectivity index (χ3v) is 2.04. The monoisotopic (exact) mass is 205 g/mol. The lowest BCUT2D eigenvalue weighted by atomic mass is 10.2. The van der Waals surface area contributed by atoms with Gasteiger partial charge in [-0.25, -0.2) is 0 Å². The molecule has 66 valence electrons. The van der Waals surface area contributed by atoms with Crippen LogP contribution in [0, 0.1) is 7.05 Å². The number of benzene rings is 1. The summed E-state index contributed by atoms with van der Waals surface area (Å²) in [5, 5.41) is 12.0. The van der Waals surface area contributed by atoms with Crippen LogP contribution < -0.4 is 5.32 Å². The molecule has 0 spiro atoms. The van der Waals surface area contributed by atoms with Crippen molar-refractivity contribution in [3.05, 3.63) is 34.8 Å². The van der Waals surface area contributed by atoms with Crippen LogP contribution in [0.5, 0.6) is 5.75 Å². The van der Waals surface area contributed by atoms with Gasteiger partial charge in [0.05, 0.1) is 17.1 Å². The zero-order chi connectivity index (χ0) is 9.14. The molecule has 0 unspecified atom stereocenters. The number of hydrogen-bond acceptors (Lipinski definition) is 1. The van der Waals surface area contributed by atoms with Crippen molar-refractivity contribution in [2.75, 3.05) is 0 Å². The van der Waals surface area contributed by atoms with E-state index in [-0.39, 0.29) is 5.75 Å². The molecule has 0 radical (unpaired) electrons. The Kier molecular flexibility index (Phi) is 3.20. The van der Waals surface area contributed by atoms with Crippen molar-refractivity contribution < 1.29 is 10.4 Å². The Labute approximate surface area is 81.1 Å². The van der Waals surface area contributed by atoms with Crippen LogP contribution in [0.25, 0.3) is 0 Å². The van der Waals surface area contributed by atoms with Gasteiger partial charge >= 0.3 is 0 Å². The van der Waals surface area contributed by atoms with Crippen LogP contribution in [0.15, 0.2) is 12.1 Å². The Morgan fingerprint density at radius 3 is 2.58 bits per heavy atom. The van der Waals surface area contributed by atoms with Gasteiger partial charge in [-0.05, 0) is 12.1 Å². The lowest BCUT2D eigenvalue weighted by Gasteiger charge is -2.06. The largest absolute Gasteiger partial charge is 0.507 e. The zero-order valence-corrected chi connectivity index (χ0v) is 7.86. The molecule has 0 saturated heterocycles. The van der Waals surface area contributed by atoms with Crippen molar-refractivity contribution in [1.29, 1.82) is 0 Å². The van der Waals surface area contributed by atoms with Crippen LogP contribution >= 0.6 is 23.2 Å². The van der Waals surface area contributed by atoms with Gasteiger partial charge in [0, 0.05) is 5.02 Å². The highest BCUT2D eigenvalue weighted by molar-refractivity contribution is 6.35. The second-order valence-electron chi connectivity index (χ2n) is 2.38. The Hall–Kier alpha value is -0.440. The molecule has 0 fully saturated rings. The zero-order valence-electron chi connectivity index (χ0n) is 6.35. The molecule has 3 N–H and O–H groups in total. The van der Waals surface area contributed by atoms with E-state index >= 15 is 0 Å². The van der Waals surface area contributed by atoms with E-state index in [1.54, 1.807) is 11.4 Å². The van der Waals surface area contributed by atoms with E-state index < -0.39 is 0 Å². The highest BCUT2D eigenvalue weighted by atomic mass is 35.5. The van der Waals surface area contributed by atoms with Crippen LogP contribution in [0.4, 0.5) is 0 Å². The first-order valence-corrected chi connectivity index (χ1v) is 4.18. The van der Waals surface area contributed by atoms with E-state index in [0.717, 1.165) is 0 Å². The van der Waals surface area contributed by atoms with Crippen LogP contribution in [0.2, 0.25) is 10.0 Å². The summed E-state index contributed by atoms with van der Waals surface area (Å²) in [4.78, 5) is 0. The van der Waals surface area contributed by atoms with Crippen LogP contribution in [0.3, 0.4) is 0 Å². The Balaban J connectivity index is 3.10. The maximum atomic E-state index is 9.39. The average molecular weight is 206 g/mol. The van der Waals surface area contributed by atoms with Gasteiger partial charge in [-0.2, -0.15) is 7.05 Å². The van der Waals surface area contributed by atoms with Crippen molar-refractivity contribution in [3.63, 3.8) is 0 Å². The third kappa shape index (κ3) is 2.03. The van der Waals surface area contributed by atoms with Gasteiger partial charge in [-0.1, -0.05) is 23.2 Å². The van der Waals surface area contributed by atoms with Gasteiger partial charge in [0.25, 0.3) is 0 Å². The summed E-state index contributed by atoms with van der Waals surface area (Å²) in [6, 6.07) is 3.06. The minimum atomic E-state index is 0.118. The van der Waals surface area contributed by atoms with Gasteiger partial charge in [0.1, 0.15) is 5.75 Å². The Bertz CT molecular complexity index is 265. The van der Waals surface area contributed by atoms with Crippen LogP contribution in [0.1, 0.15) is 5.56 Å². The summed E-state index contributed by atoms with van der Waals surface area (Å²) in [5.74, 6) is 0.118. The lowest BCUT2D eigenvalue weighted by molar-refractivity contribution is -0.612. The molecule has 4 heteroatoms. The highest BCUT2D eigenvalue weighted by Crippen LogP contribution is 2.28. The van der Waals surface area contributed by atoms with Crippen molar-refractivity contribution >= 4 is 23.2 Å². The summed E-state index contributed by atoms with van der Waals surface area (Å²) in [6.07, 6.45) is 0. The lowest BCUT2D eigenvalue weighted by Crippen LogP contribution is -2.74. The summed E-state index contributed by atoms with van der Waals surface area (Å²) in [6.45, 7) is 0.543. The molecular formula is C8H9Cl2NO. The van der Waals surface area contributed by atoms with E-state index in [1.807, 2.05) is 0 Å². The van der Waals surface area contributed by atoms with Gasteiger partial charge in [-0.3, -0.25) is 0 Å². The molecule has 12 heavy (non-hydrogen) atoms. The first kappa shape index (κ1) is 9.65. The predicted octanol–water partition coefficient (Wildman–Crippen LogP) is 1.55. The van der Waals surface area contributed by atoms with E-state index in [1.165, 1.54) is 6.07 Å². The molecule has 0 atom stereocenters. The smallest absolute Gasteiger partial charge is 0.127 e. The van der Waals surface area contributed by atoms with Crippen molar-refractivity contribution in [2.45, 2.75) is 6.54 Å². The number of aromatic hydroxyl groups is 1. The fourth-order valence-electron chi connectivity index (χ4n) is 0.936. The van der Waals surface area contributed by atoms with E-state index in [0.29, 0.717) is 22.2 Å². The van der Waals surface area contributed by atoms with E-state index in [9.17, 15) is 5.11 Å². The molecule has 1 aromatic carbocycles. The predicted molar refractivity (Wildman–Crippen MR) is 49.1 cm³/mol. The standard InChI is InChI=1S/C8H9Cl2NO/c1-11-4-6-7(10)2-5(9)3-8(6)12/h2-3,12H,1,4,11H2. The molecule has 0 aromatic heterocycles. The molecule has 2 nitrogen and oxygen atoms in total. The number of nitrogens with two attached hydrogens (primary N) is 1. The van der Waals surface area contributed by atoms with Crippen LogP contribution in [-0.4, -0.2) is 5.11 Å². The number of phenols is 1. The fraction of sp³-hybridized carbons (Fsp3) is 0.125. The molecule has 0 bridgehead atoms. The molecule has 0 aliphatic rings. The van der Waals surface area contributed by atoms with Gasteiger partial charge in [0.15, 0.2) is 0 Å².